The molecule has 0 aromatic heterocycles. The first-order chi connectivity index (χ1) is 7.57. The molecule has 1 unspecified atom stereocenters. The Morgan fingerprint density at radius 3 is 2.94 bits per heavy atom. The van der Waals surface area contributed by atoms with Crippen LogP contribution in [0.4, 0.5) is 0 Å². The molecule has 0 spiro atoms. The van der Waals surface area contributed by atoms with Crippen LogP contribution in [0.15, 0.2) is 24.3 Å². The van der Waals surface area contributed by atoms with Gasteiger partial charge in [-0.2, -0.15) is 0 Å². The van der Waals surface area contributed by atoms with Gasteiger partial charge in [0, 0.05) is 6.04 Å². The van der Waals surface area contributed by atoms with Crippen LogP contribution in [0.5, 0.6) is 0 Å². The second kappa shape index (κ2) is 4.55. The van der Waals surface area contributed by atoms with Crippen molar-refractivity contribution in [3.05, 3.63) is 35.4 Å². The molecule has 2 rings (SSSR count). The van der Waals surface area contributed by atoms with Gasteiger partial charge in [0.15, 0.2) is 9.84 Å². The summed E-state index contributed by atoms with van der Waals surface area (Å²) in [6.07, 6.45) is 0.713. The van der Waals surface area contributed by atoms with E-state index >= 15 is 0 Å². The zero-order valence-corrected chi connectivity index (χ0v) is 10.3. The number of sulfone groups is 1. The molecule has 0 saturated carbocycles. The van der Waals surface area contributed by atoms with Gasteiger partial charge in [0.05, 0.1) is 11.5 Å². The number of hydrogen-bond acceptors (Lipinski definition) is 3. The molecule has 1 aromatic rings. The predicted molar refractivity (Wildman–Crippen MR) is 65.2 cm³/mol. The van der Waals surface area contributed by atoms with Crippen molar-refractivity contribution in [3.8, 4) is 0 Å². The summed E-state index contributed by atoms with van der Waals surface area (Å²) in [5.74, 6) is 0.527. The summed E-state index contributed by atoms with van der Waals surface area (Å²) in [4.78, 5) is 0. The molecule has 3 nitrogen and oxygen atoms in total. The molecule has 1 N–H and O–H groups in total. The van der Waals surface area contributed by atoms with E-state index in [0.29, 0.717) is 12.2 Å². The molecule has 1 aliphatic heterocycles. The van der Waals surface area contributed by atoms with Crippen LogP contribution in [-0.2, 0) is 9.84 Å². The topological polar surface area (TPSA) is 46.2 Å². The lowest BCUT2D eigenvalue weighted by molar-refractivity contribution is 0.572. The van der Waals surface area contributed by atoms with Gasteiger partial charge in [-0.25, -0.2) is 8.42 Å². The van der Waals surface area contributed by atoms with Gasteiger partial charge in [0.2, 0.25) is 0 Å². The maximum atomic E-state index is 11.7. The van der Waals surface area contributed by atoms with Crippen molar-refractivity contribution in [2.75, 3.05) is 18.1 Å². The van der Waals surface area contributed by atoms with Gasteiger partial charge >= 0.3 is 0 Å². The van der Waals surface area contributed by atoms with Crippen LogP contribution in [0.25, 0.3) is 0 Å². The number of rotatable bonds is 1. The van der Waals surface area contributed by atoms with E-state index in [2.05, 4.69) is 11.4 Å². The van der Waals surface area contributed by atoms with Crippen LogP contribution in [0.3, 0.4) is 0 Å². The third-order valence-corrected chi connectivity index (χ3v) is 4.64. The highest BCUT2D eigenvalue weighted by molar-refractivity contribution is 7.91. The second-order valence-electron chi connectivity index (χ2n) is 4.39. The zero-order valence-electron chi connectivity index (χ0n) is 9.44. The van der Waals surface area contributed by atoms with Crippen molar-refractivity contribution >= 4 is 9.84 Å². The molecule has 0 amide bonds. The van der Waals surface area contributed by atoms with Crippen molar-refractivity contribution in [1.82, 2.24) is 5.32 Å². The summed E-state index contributed by atoms with van der Waals surface area (Å²) in [6, 6.07) is 8.00. The lowest BCUT2D eigenvalue weighted by atomic mass is 10.1. The van der Waals surface area contributed by atoms with Crippen molar-refractivity contribution in [1.29, 1.82) is 0 Å². The third kappa shape index (κ3) is 2.83. The zero-order chi connectivity index (χ0) is 11.6. The largest absolute Gasteiger partial charge is 0.309 e. The Bertz CT molecular complexity index is 468. The van der Waals surface area contributed by atoms with Crippen LogP contribution in [0, 0.1) is 6.92 Å². The molecule has 1 heterocycles. The minimum absolute atomic E-state index is 0.0487. The van der Waals surface area contributed by atoms with E-state index < -0.39 is 9.84 Å². The molecule has 0 bridgehead atoms. The SMILES string of the molecule is Cc1cccc(C2CS(=O)(=O)CCCN2)c1. The van der Waals surface area contributed by atoms with Gasteiger partial charge in [-0.15, -0.1) is 0 Å². The fraction of sp³-hybridized carbons (Fsp3) is 0.500. The molecule has 0 radical (unpaired) electrons. The summed E-state index contributed by atoms with van der Waals surface area (Å²) in [5.41, 5.74) is 2.24. The van der Waals surface area contributed by atoms with Gasteiger partial charge in [0.25, 0.3) is 0 Å². The van der Waals surface area contributed by atoms with Crippen LogP contribution >= 0.6 is 0 Å². The second-order valence-corrected chi connectivity index (χ2v) is 6.62. The Kier molecular flexibility index (Phi) is 3.30. The van der Waals surface area contributed by atoms with Crippen LogP contribution in [0.1, 0.15) is 23.6 Å². The molecule has 1 atom stereocenters. The molecule has 4 heteroatoms. The minimum Gasteiger partial charge on any atom is -0.309 e. The molecular weight excluding hydrogens is 222 g/mol. The van der Waals surface area contributed by atoms with E-state index in [-0.39, 0.29) is 11.8 Å². The Balaban J connectivity index is 2.26. The van der Waals surface area contributed by atoms with Crippen LogP contribution in [0.2, 0.25) is 0 Å². The number of aryl methyl sites for hydroxylation is 1. The van der Waals surface area contributed by atoms with Gasteiger partial charge in [-0.05, 0) is 25.5 Å². The molecule has 0 aliphatic carbocycles. The fourth-order valence-corrected chi connectivity index (χ4v) is 3.63. The maximum absolute atomic E-state index is 11.7. The molecule has 88 valence electrons. The van der Waals surface area contributed by atoms with Gasteiger partial charge in [-0.3, -0.25) is 0 Å². The van der Waals surface area contributed by atoms with Gasteiger partial charge < -0.3 is 5.32 Å². The van der Waals surface area contributed by atoms with Crippen molar-refractivity contribution in [2.45, 2.75) is 19.4 Å². The van der Waals surface area contributed by atoms with E-state index in [1.165, 1.54) is 5.56 Å². The molecule has 16 heavy (non-hydrogen) atoms. The molecule has 1 aliphatic rings. The number of hydrogen-bond donors (Lipinski definition) is 1. The Labute approximate surface area is 96.8 Å². The summed E-state index contributed by atoms with van der Waals surface area (Å²) < 4.78 is 23.4. The maximum Gasteiger partial charge on any atom is 0.152 e. The Morgan fingerprint density at radius 1 is 1.38 bits per heavy atom. The summed E-state index contributed by atoms with van der Waals surface area (Å²) in [6.45, 7) is 2.80. The number of nitrogens with one attached hydrogen (secondary N) is 1. The van der Waals surface area contributed by atoms with Crippen LogP contribution < -0.4 is 5.32 Å². The van der Waals surface area contributed by atoms with E-state index in [1.54, 1.807) is 0 Å². The smallest absolute Gasteiger partial charge is 0.152 e. The first-order valence-corrected chi connectivity index (χ1v) is 7.39. The molecular formula is C12H17NO2S. The van der Waals surface area contributed by atoms with E-state index in [1.807, 2.05) is 25.1 Å². The lowest BCUT2D eigenvalue weighted by Crippen LogP contribution is -2.25. The first-order valence-electron chi connectivity index (χ1n) is 5.57. The molecule has 1 aromatic carbocycles. The number of benzene rings is 1. The monoisotopic (exact) mass is 239 g/mol. The average molecular weight is 239 g/mol. The Hall–Kier alpha value is -0.870. The highest BCUT2D eigenvalue weighted by Gasteiger charge is 2.23. The lowest BCUT2D eigenvalue weighted by Gasteiger charge is -2.16. The van der Waals surface area contributed by atoms with E-state index in [4.69, 9.17) is 0 Å². The standard InChI is InChI=1S/C12H17NO2S/c1-10-4-2-5-11(8-10)12-9-16(14,15)7-3-6-13-12/h2,4-5,8,12-13H,3,6-7,9H2,1H3. The van der Waals surface area contributed by atoms with Crippen molar-refractivity contribution < 1.29 is 8.42 Å². The van der Waals surface area contributed by atoms with Crippen molar-refractivity contribution in [3.63, 3.8) is 0 Å². The highest BCUT2D eigenvalue weighted by Crippen LogP contribution is 2.19. The van der Waals surface area contributed by atoms with Crippen molar-refractivity contribution in [2.24, 2.45) is 0 Å². The summed E-state index contributed by atoms with van der Waals surface area (Å²) in [7, 11) is -2.89. The normalized spacial score (nSPS) is 24.9. The summed E-state index contributed by atoms with van der Waals surface area (Å²) in [5, 5.41) is 3.30. The van der Waals surface area contributed by atoms with Gasteiger partial charge in [0.1, 0.15) is 0 Å². The third-order valence-electron chi connectivity index (χ3n) is 2.89. The molecule has 1 fully saturated rings. The first kappa shape index (κ1) is 11.6. The average Bonchev–Trinajstić information content (AvgIpc) is 2.39. The fourth-order valence-electron chi connectivity index (χ4n) is 2.07. The predicted octanol–water partition coefficient (Wildman–Crippen LogP) is 1.44. The van der Waals surface area contributed by atoms with Crippen LogP contribution in [-0.4, -0.2) is 26.5 Å². The van der Waals surface area contributed by atoms with Gasteiger partial charge in [-0.1, -0.05) is 29.8 Å². The van der Waals surface area contributed by atoms with E-state index in [0.717, 1.165) is 12.1 Å². The quantitative estimate of drug-likeness (QED) is 0.806. The minimum atomic E-state index is -2.89. The van der Waals surface area contributed by atoms with E-state index in [9.17, 15) is 8.42 Å². The Morgan fingerprint density at radius 2 is 2.19 bits per heavy atom. The summed E-state index contributed by atoms with van der Waals surface area (Å²) >= 11 is 0. The molecule has 1 saturated heterocycles. The highest BCUT2D eigenvalue weighted by atomic mass is 32.2.